The van der Waals surface area contributed by atoms with Crippen LogP contribution in [0.3, 0.4) is 0 Å². The van der Waals surface area contributed by atoms with Crippen LogP contribution in [-0.4, -0.2) is 50.9 Å². The molecule has 0 aliphatic carbocycles. The number of hydrogen-bond acceptors (Lipinski definition) is 8. The van der Waals surface area contributed by atoms with Crippen molar-refractivity contribution in [1.82, 2.24) is 20.6 Å². The van der Waals surface area contributed by atoms with Gasteiger partial charge in [0.15, 0.2) is 5.01 Å². The van der Waals surface area contributed by atoms with Crippen molar-refractivity contribution in [3.8, 4) is 10.6 Å². The maximum atomic E-state index is 14.2. The molecule has 0 saturated heterocycles. The lowest BCUT2D eigenvalue weighted by molar-refractivity contribution is -0.123. The van der Waals surface area contributed by atoms with Gasteiger partial charge in [-0.05, 0) is 68.5 Å². The number of amides is 2. The Hall–Kier alpha value is -3.94. The van der Waals surface area contributed by atoms with Crippen LogP contribution in [-0.2, 0) is 11.2 Å². The van der Waals surface area contributed by atoms with Crippen molar-refractivity contribution in [2.45, 2.75) is 50.8 Å². The van der Waals surface area contributed by atoms with Crippen LogP contribution in [0.4, 0.5) is 13.2 Å². The highest BCUT2D eigenvalue weighted by Crippen LogP contribution is 2.28. The summed E-state index contributed by atoms with van der Waals surface area (Å²) in [5.41, 5.74) is 0.657. The van der Waals surface area contributed by atoms with Gasteiger partial charge in [0.2, 0.25) is 11.7 Å². The molecule has 2 amide bonds. The van der Waals surface area contributed by atoms with E-state index in [4.69, 9.17) is 0 Å². The number of thiazole rings is 2. The maximum absolute atomic E-state index is 14.2. The minimum atomic E-state index is -1.14. The minimum Gasteiger partial charge on any atom is -0.393 e. The van der Waals surface area contributed by atoms with E-state index in [1.165, 1.54) is 31.5 Å². The fourth-order valence-corrected chi connectivity index (χ4v) is 5.54. The summed E-state index contributed by atoms with van der Waals surface area (Å²) in [4.78, 5) is 47.9. The van der Waals surface area contributed by atoms with Crippen LogP contribution >= 0.6 is 22.7 Å². The van der Waals surface area contributed by atoms with E-state index in [2.05, 4.69) is 20.6 Å². The summed E-state index contributed by atoms with van der Waals surface area (Å²) in [6.07, 6.45) is 2.66. The molecule has 1 unspecified atom stereocenters. The predicted molar refractivity (Wildman–Crippen MR) is 153 cm³/mol. The van der Waals surface area contributed by atoms with Gasteiger partial charge in [0.25, 0.3) is 5.91 Å². The Morgan fingerprint density at radius 2 is 1.67 bits per heavy atom. The standard InChI is InChI=1S/C29H27F3N4O4S2/c1-16(37)2-10-23(36-27(40)24-15-34-28(42-24)20-14-19(31)8-9-21(20)32)26(39)35-22(25(38)29-33-12-13-41-29)11-5-17-3-6-18(30)7-4-17/h3-4,6-9,12-16,22-23,37H,2,5,10-11H2,1H3,(H,35,39)(H,36,40)/t16?,22-,23-/m0/s1. The van der Waals surface area contributed by atoms with E-state index in [0.717, 1.165) is 46.4 Å². The molecule has 2 heterocycles. The summed E-state index contributed by atoms with van der Waals surface area (Å²) in [5.74, 6) is -3.51. The van der Waals surface area contributed by atoms with Crippen molar-refractivity contribution in [1.29, 1.82) is 0 Å². The first-order valence-electron chi connectivity index (χ1n) is 13.0. The largest absolute Gasteiger partial charge is 0.393 e. The molecule has 0 aliphatic rings. The number of rotatable bonds is 13. The third-order valence-electron chi connectivity index (χ3n) is 6.29. The minimum absolute atomic E-state index is 0.0511. The van der Waals surface area contributed by atoms with Crippen LogP contribution in [0.15, 0.2) is 60.2 Å². The Morgan fingerprint density at radius 1 is 0.929 bits per heavy atom. The molecule has 8 nitrogen and oxygen atoms in total. The Kier molecular flexibility index (Phi) is 10.6. The highest BCUT2D eigenvalue weighted by molar-refractivity contribution is 7.16. The Bertz CT molecular complexity index is 1530. The third kappa shape index (κ3) is 8.30. The van der Waals surface area contributed by atoms with Crippen LogP contribution in [0.25, 0.3) is 10.6 Å². The van der Waals surface area contributed by atoms with Crippen molar-refractivity contribution < 1.29 is 32.7 Å². The summed E-state index contributed by atoms with van der Waals surface area (Å²) in [5, 5.41) is 17.1. The molecule has 0 radical (unpaired) electrons. The summed E-state index contributed by atoms with van der Waals surface area (Å²) in [7, 11) is 0. The zero-order valence-corrected chi connectivity index (χ0v) is 24.0. The van der Waals surface area contributed by atoms with Crippen LogP contribution in [0.1, 0.15) is 51.2 Å². The molecule has 3 N–H and O–H groups in total. The summed E-state index contributed by atoms with van der Waals surface area (Å²) < 4.78 is 41.2. The molecule has 0 bridgehead atoms. The molecule has 42 heavy (non-hydrogen) atoms. The maximum Gasteiger partial charge on any atom is 0.263 e. The molecule has 4 rings (SSSR count). The monoisotopic (exact) mass is 616 g/mol. The molecule has 13 heteroatoms. The number of aryl methyl sites for hydroxylation is 1. The molecular formula is C29H27F3N4O4S2. The van der Waals surface area contributed by atoms with Gasteiger partial charge >= 0.3 is 0 Å². The van der Waals surface area contributed by atoms with Gasteiger partial charge in [-0.3, -0.25) is 14.4 Å². The summed E-state index contributed by atoms with van der Waals surface area (Å²) in [6, 6.07) is 6.56. The number of carbonyl (C=O) groups excluding carboxylic acids is 3. The number of Topliss-reactive ketones (excluding diaryl/α,β-unsaturated/α-hetero) is 1. The number of benzene rings is 2. The zero-order chi connectivity index (χ0) is 30.2. The zero-order valence-electron chi connectivity index (χ0n) is 22.4. The Balaban J connectivity index is 1.50. The molecule has 3 atom stereocenters. The first-order chi connectivity index (χ1) is 20.1. The van der Waals surface area contributed by atoms with Gasteiger partial charge in [0.1, 0.15) is 33.4 Å². The average molecular weight is 617 g/mol. The first-order valence-corrected chi connectivity index (χ1v) is 14.7. The van der Waals surface area contributed by atoms with Crippen molar-refractivity contribution in [2.24, 2.45) is 0 Å². The Morgan fingerprint density at radius 3 is 2.36 bits per heavy atom. The van der Waals surface area contributed by atoms with Gasteiger partial charge in [-0.2, -0.15) is 0 Å². The lowest BCUT2D eigenvalue weighted by Gasteiger charge is -2.23. The van der Waals surface area contributed by atoms with Gasteiger partial charge in [0, 0.05) is 17.1 Å². The molecule has 0 fully saturated rings. The summed E-state index contributed by atoms with van der Waals surface area (Å²) in [6.45, 7) is 1.54. The van der Waals surface area contributed by atoms with E-state index in [1.54, 1.807) is 17.5 Å². The van der Waals surface area contributed by atoms with Crippen LogP contribution in [0.5, 0.6) is 0 Å². The smallest absolute Gasteiger partial charge is 0.263 e. The van der Waals surface area contributed by atoms with E-state index in [1.807, 2.05) is 0 Å². The number of nitrogens with zero attached hydrogens (tertiary/aromatic N) is 2. The van der Waals surface area contributed by atoms with Crippen LogP contribution in [0, 0.1) is 17.5 Å². The van der Waals surface area contributed by atoms with Crippen molar-refractivity contribution in [3.63, 3.8) is 0 Å². The van der Waals surface area contributed by atoms with Gasteiger partial charge in [0.05, 0.1) is 18.3 Å². The second-order valence-corrected chi connectivity index (χ2v) is 11.5. The fraction of sp³-hybridized carbons (Fsp3) is 0.276. The quantitative estimate of drug-likeness (QED) is 0.183. The van der Waals surface area contributed by atoms with E-state index in [0.29, 0.717) is 6.42 Å². The number of nitrogens with one attached hydrogen (secondary N) is 2. The molecule has 2 aromatic carbocycles. The number of hydrogen-bond donors (Lipinski definition) is 3. The van der Waals surface area contributed by atoms with Crippen LogP contribution < -0.4 is 10.6 Å². The topological polar surface area (TPSA) is 121 Å². The molecule has 2 aromatic heterocycles. The van der Waals surface area contributed by atoms with Gasteiger partial charge in [-0.15, -0.1) is 22.7 Å². The van der Waals surface area contributed by atoms with Gasteiger partial charge in [-0.1, -0.05) is 12.1 Å². The Labute approximate surface area is 247 Å². The number of aliphatic hydroxyl groups excluding tert-OH is 1. The number of ketones is 1. The molecule has 0 spiro atoms. The number of halogens is 3. The molecule has 220 valence electrons. The predicted octanol–water partition coefficient (Wildman–Crippen LogP) is 4.94. The van der Waals surface area contributed by atoms with Gasteiger partial charge in [-0.25, -0.2) is 23.1 Å². The second kappa shape index (κ2) is 14.3. The third-order valence-corrected chi connectivity index (χ3v) is 8.11. The second-order valence-electron chi connectivity index (χ2n) is 9.53. The van der Waals surface area contributed by atoms with Crippen molar-refractivity contribution >= 4 is 40.3 Å². The van der Waals surface area contributed by atoms with E-state index in [-0.39, 0.29) is 39.7 Å². The highest BCUT2D eigenvalue weighted by Gasteiger charge is 2.29. The normalized spacial score (nSPS) is 13.3. The number of aromatic nitrogens is 2. The molecule has 0 aliphatic heterocycles. The first kappa shape index (κ1) is 31.0. The number of carbonyl (C=O) groups is 3. The number of aliphatic hydroxyl groups is 1. The van der Waals surface area contributed by atoms with Crippen molar-refractivity contribution in [2.75, 3.05) is 0 Å². The van der Waals surface area contributed by atoms with Crippen LogP contribution in [0.2, 0.25) is 0 Å². The molecule has 4 aromatic rings. The van der Waals surface area contributed by atoms with Gasteiger partial charge < -0.3 is 15.7 Å². The van der Waals surface area contributed by atoms with E-state index >= 15 is 0 Å². The molecule has 0 saturated carbocycles. The molecular weight excluding hydrogens is 589 g/mol. The SMILES string of the molecule is CC(O)CC[C@H](NC(=O)c1cnc(-c2cc(F)ccc2F)s1)C(=O)N[C@@H](CCc1ccc(F)cc1)C(=O)c1nccs1. The lowest BCUT2D eigenvalue weighted by Crippen LogP contribution is -2.51. The van der Waals surface area contributed by atoms with Crippen molar-refractivity contribution in [3.05, 3.63) is 93.1 Å². The van der Waals surface area contributed by atoms with E-state index in [9.17, 15) is 32.7 Å². The lowest BCUT2D eigenvalue weighted by atomic mass is 10.0. The highest BCUT2D eigenvalue weighted by atomic mass is 32.1. The average Bonchev–Trinajstić information content (AvgIpc) is 3.68. The summed E-state index contributed by atoms with van der Waals surface area (Å²) >= 11 is 1.94. The fourth-order valence-electron chi connectivity index (χ4n) is 4.07. The van der Waals surface area contributed by atoms with E-state index < -0.39 is 53.2 Å².